The number of likely N-dealkylation sites (tertiary alicyclic amines) is 1. The number of carbonyl (C=O) groups is 2. The molecule has 130 valence electrons. The monoisotopic (exact) mass is 322 g/mol. The molecule has 0 bridgehead atoms. The van der Waals surface area contributed by atoms with Crippen molar-refractivity contribution in [3.63, 3.8) is 0 Å². The van der Waals surface area contributed by atoms with E-state index < -0.39 is 0 Å². The zero-order valence-corrected chi connectivity index (χ0v) is 14.1. The molecule has 2 heterocycles. The Morgan fingerprint density at radius 2 is 1.43 bits per heavy atom. The Morgan fingerprint density at radius 1 is 0.870 bits per heavy atom. The number of nitrogens with zero attached hydrogens (tertiary/aromatic N) is 3. The number of nitrogens with one attached hydrogen (secondary N) is 1. The van der Waals surface area contributed by atoms with Gasteiger partial charge in [0, 0.05) is 45.8 Å². The van der Waals surface area contributed by atoms with Crippen molar-refractivity contribution < 1.29 is 9.59 Å². The fourth-order valence-electron chi connectivity index (χ4n) is 3.16. The minimum atomic E-state index is 0.0407. The Labute approximate surface area is 139 Å². The summed E-state index contributed by atoms with van der Waals surface area (Å²) in [7, 11) is 0. The Bertz CT molecular complexity index is 397. The maximum atomic E-state index is 12.4. The molecule has 0 aromatic rings. The Hall–Kier alpha value is -1.40. The third kappa shape index (κ3) is 6.31. The van der Waals surface area contributed by atoms with E-state index in [-0.39, 0.29) is 11.8 Å². The Morgan fingerprint density at radius 3 is 2.00 bits per heavy atom. The molecular formula is C17H30N4O2. The van der Waals surface area contributed by atoms with Gasteiger partial charge < -0.3 is 10.2 Å². The molecule has 6 nitrogen and oxygen atoms in total. The lowest BCUT2D eigenvalue weighted by atomic mass is 10.2. The molecule has 2 aliphatic rings. The molecule has 23 heavy (non-hydrogen) atoms. The van der Waals surface area contributed by atoms with Crippen LogP contribution in [0.4, 0.5) is 0 Å². The highest BCUT2D eigenvalue weighted by atomic mass is 16.2. The van der Waals surface area contributed by atoms with E-state index in [2.05, 4.69) is 21.7 Å². The molecule has 0 aromatic carbocycles. The van der Waals surface area contributed by atoms with Gasteiger partial charge in [-0.3, -0.25) is 19.4 Å². The second-order valence-electron chi connectivity index (χ2n) is 6.44. The van der Waals surface area contributed by atoms with Gasteiger partial charge in [-0.1, -0.05) is 18.9 Å². The average molecular weight is 322 g/mol. The van der Waals surface area contributed by atoms with Crippen LogP contribution in [0, 0.1) is 0 Å². The predicted molar refractivity (Wildman–Crippen MR) is 91.1 cm³/mol. The lowest BCUT2D eigenvalue weighted by molar-refractivity contribution is -0.133. The van der Waals surface area contributed by atoms with Crippen molar-refractivity contribution in [2.75, 3.05) is 58.9 Å². The summed E-state index contributed by atoms with van der Waals surface area (Å²) in [6.07, 6.45) is 6.45. The quantitative estimate of drug-likeness (QED) is 0.715. The van der Waals surface area contributed by atoms with Gasteiger partial charge in [0.1, 0.15) is 0 Å². The first kappa shape index (κ1) is 17.9. The normalized spacial score (nSPS) is 20.8. The molecule has 0 saturated carbocycles. The Kier molecular flexibility index (Phi) is 7.55. The van der Waals surface area contributed by atoms with Gasteiger partial charge in [-0.2, -0.15) is 0 Å². The summed E-state index contributed by atoms with van der Waals surface area (Å²) in [6, 6.07) is 0. The van der Waals surface area contributed by atoms with Crippen LogP contribution >= 0.6 is 0 Å². The highest BCUT2D eigenvalue weighted by molar-refractivity contribution is 5.78. The summed E-state index contributed by atoms with van der Waals surface area (Å²) in [5.74, 6) is 0.308. The standard InChI is InChI=1S/C17H30N4O2/c1-2-7-18-16(22)14-19-10-12-20(13-11-19)15-17(23)21-8-5-3-4-6-9-21/h2H,1,3-15H2,(H,18,22). The number of carbonyl (C=O) groups excluding carboxylic acids is 2. The molecule has 2 fully saturated rings. The maximum absolute atomic E-state index is 12.4. The van der Waals surface area contributed by atoms with E-state index >= 15 is 0 Å². The van der Waals surface area contributed by atoms with E-state index in [0.29, 0.717) is 19.6 Å². The van der Waals surface area contributed by atoms with Gasteiger partial charge in [-0.05, 0) is 12.8 Å². The van der Waals surface area contributed by atoms with Crippen molar-refractivity contribution in [2.24, 2.45) is 0 Å². The van der Waals surface area contributed by atoms with Crippen LogP contribution in [0.2, 0.25) is 0 Å². The van der Waals surface area contributed by atoms with E-state index in [1.165, 1.54) is 12.8 Å². The second-order valence-corrected chi connectivity index (χ2v) is 6.44. The molecule has 0 atom stereocenters. The third-order valence-corrected chi connectivity index (χ3v) is 4.59. The van der Waals surface area contributed by atoms with Crippen molar-refractivity contribution >= 4 is 11.8 Å². The molecule has 2 rings (SSSR count). The first-order valence-electron chi connectivity index (χ1n) is 8.79. The minimum absolute atomic E-state index is 0.0407. The molecule has 1 N–H and O–H groups in total. The van der Waals surface area contributed by atoms with Crippen LogP contribution < -0.4 is 5.32 Å². The van der Waals surface area contributed by atoms with E-state index in [9.17, 15) is 9.59 Å². The van der Waals surface area contributed by atoms with E-state index in [4.69, 9.17) is 0 Å². The largest absolute Gasteiger partial charge is 0.352 e. The van der Waals surface area contributed by atoms with Gasteiger partial charge in [0.15, 0.2) is 0 Å². The molecule has 2 saturated heterocycles. The van der Waals surface area contributed by atoms with Gasteiger partial charge in [0.25, 0.3) is 0 Å². The summed E-state index contributed by atoms with van der Waals surface area (Å²) in [5, 5.41) is 2.80. The molecule has 0 unspecified atom stereocenters. The van der Waals surface area contributed by atoms with Crippen molar-refractivity contribution in [3.8, 4) is 0 Å². The Balaban J connectivity index is 1.66. The highest BCUT2D eigenvalue weighted by Gasteiger charge is 2.23. The minimum Gasteiger partial charge on any atom is -0.352 e. The van der Waals surface area contributed by atoms with Gasteiger partial charge in [0.05, 0.1) is 13.1 Å². The average Bonchev–Trinajstić information content (AvgIpc) is 2.84. The lowest BCUT2D eigenvalue weighted by Gasteiger charge is -2.34. The van der Waals surface area contributed by atoms with Gasteiger partial charge >= 0.3 is 0 Å². The van der Waals surface area contributed by atoms with Crippen LogP contribution in [0.1, 0.15) is 25.7 Å². The van der Waals surface area contributed by atoms with Crippen LogP contribution in [0.25, 0.3) is 0 Å². The van der Waals surface area contributed by atoms with Crippen LogP contribution in [0.15, 0.2) is 12.7 Å². The molecule has 0 radical (unpaired) electrons. The zero-order chi connectivity index (χ0) is 16.5. The highest BCUT2D eigenvalue weighted by Crippen LogP contribution is 2.10. The number of hydrogen-bond acceptors (Lipinski definition) is 4. The van der Waals surface area contributed by atoms with E-state index in [1.54, 1.807) is 6.08 Å². The number of piperazine rings is 1. The topological polar surface area (TPSA) is 55.9 Å². The molecule has 2 amide bonds. The van der Waals surface area contributed by atoms with Crippen LogP contribution in [-0.2, 0) is 9.59 Å². The summed E-state index contributed by atoms with van der Waals surface area (Å²) >= 11 is 0. The summed E-state index contributed by atoms with van der Waals surface area (Å²) in [5.41, 5.74) is 0. The summed E-state index contributed by atoms with van der Waals surface area (Å²) in [4.78, 5) is 30.5. The summed E-state index contributed by atoms with van der Waals surface area (Å²) in [6.45, 7) is 10.3. The first-order valence-corrected chi connectivity index (χ1v) is 8.79. The van der Waals surface area contributed by atoms with Crippen LogP contribution in [-0.4, -0.2) is 85.4 Å². The van der Waals surface area contributed by atoms with E-state index in [1.807, 2.05) is 4.90 Å². The molecule has 0 spiro atoms. The first-order chi connectivity index (χ1) is 11.2. The van der Waals surface area contributed by atoms with Crippen LogP contribution in [0.3, 0.4) is 0 Å². The molecule has 2 aliphatic heterocycles. The smallest absolute Gasteiger partial charge is 0.236 e. The SMILES string of the molecule is C=CCNC(=O)CN1CCN(CC(=O)N2CCCCCC2)CC1. The van der Waals surface area contributed by atoms with Crippen molar-refractivity contribution in [1.82, 2.24) is 20.0 Å². The van der Waals surface area contributed by atoms with Gasteiger partial charge in [-0.15, -0.1) is 6.58 Å². The molecule has 0 aliphatic carbocycles. The van der Waals surface area contributed by atoms with Crippen molar-refractivity contribution in [1.29, 1.82) is 0 Å². The van der Waals surface area contributed by atoms with Crippen molar-refractivity contribution in [3.05, 3.63) is 12.7 Å². The maximum Gasteiger partial charge on any atom is 0.236 e. The number of amides is 2. The van der Waals surface area contributed by atoms with Gasteiger partial charge in [0.2, 0.25) is 11.8 Å². The van der Waals surface area contributed by atoms with E-state index in [0.717, 1.165) is 52.1 Å². The molecule has 6 heteroatoms. The third-order valence-electron chi connectivity index (χ3n) is 4.59. The number of hydrogen-bond donors (Lipinski definition) is 1. The zero-order valence-electron chi connectivity index (χ0n) is 14.1. The number of rotatable bonds is 6. The molecule has 0 aromatic heterocycles. The molecular weight excluding hydrogens is 292 g/mol. The second kappa shape index (κ2) is 9.67. The van der Waals surface area contributed by atoms with Crippen LogP contribution in [0.5, 0.6) is 0 Å². The van der Waals surface area contributed by atoms with Crippen molar-refractivity contribution in [2.45, 2.75) is 25.7 Å². The lowest BCUT2D eigenvalue weighted by Crippen LogP contribution is -2.52. The summed E-state index contributed by atoms with van der Waals surface area (Å²) < 4.78 is 0. The van der Waals surface area contributed by atoms with Gasteiger partial charge in [-0.25, -0.2) is 0 Å². The predicted octanol–water partition coefficient (Wildman–Crippen LogP) is 0.309. The fourth-order valence-corrected chi connectivity index (χ4v) is 3.16. The fraction of sp³-hybridized carbons (Fsp3) is 0.765.